The quantitative estimate of drug-likeness (QED) is 0.870. The molecule has 0 aromatic carbocycles. The van der Waals surface area contributed by atoms with Gasteiger partial charge in [0.15, 0.2) is 0 Å². The zero-order chi connectivity index (χ0) is 13.9. The molecule has 0 aliphatic heterocycles. The zero-order valence-electron chi connectivity index (χ0n) is 11.0. The summed E-state index contributed by atoms with van der Waals surface area (Å²) in [5, 5.41) is 6.25. The van der Waals surface area contributed by atoms with Crippen molar-refractivity contribution in [2.75, 3.05) is 12.4 Å². The number of esters is 1. The van der Waals surface area contributed by atoms with Gasteiger partial charge in [-0.25, -0.2) is 14.8 Å². The van der Waals surface area contributed by atoms with Crippen molar-refractivity contribution >= 4 is 23.0 Å². The normalized spacial score (nSPS) is 11.1. The summed E-state index contributed by atoms with van der Waals surface area (Å²) in [5.74, 6) is -0.448. The molecule has 0 radical (unpaired) electrons. The molecule has 6 heteroatoms. The number of aromatic nitrogens is 2. The number of anilines is 1. The molecule has 5 nitrogen and oxygen atoms in total. The molecule has 0 saturated carbocycles. The van der Waals surface area contributed by atoms with Gasteiger partial charge in [0.2, 0.25) is 0 Å². The number of carbonyl (C=O) groups is 1. The monoisotopic (exact) mass is 277 g/mol. The maximum absolute atomic E-state index is 11.4. The Kier molecular flexibility index (Phi) is 3.80. The molecule has 0 unspecified atom stereocenters. The number of methoxy groups -OCH3 is 1. The number of hydrogen-bond donors (Lipinski definition) is 1. The summed E-state index contributed by atoms with van der Waals surface area (Å²) < 4.78 is 4.65. The van der Waals surface area contributed by atoms with Crippen LogP contribution in [0.2, 0.25) is 0 Å². The van der Waals surface area contributed by atoms with E-state index in [1.807, 2.05) is 25.3 Å². The molecule has 0 bridgehead atoms. The average Bonchev–Trinajstić information content (AvgIpc) is 2.92. The Balaban J connectivity index is 2.22. The summed E-state index contributed by atoms with van der Waals surface area (Å²) in [6, 6.07) is 3.48. The SMILES string of the molecule is COC(=O)c1cc(NC(C)(C)c2nccs2)ccn1. The molecule has 2 aromatic rings. The first-order valence-electron chi connectivity index (χ1n) is 5.75. The van der Waals surface area contributed by atoms with Gasteiger partial charge in [0, 0.05) is 23.5 Å². The van der Waals surface area contributed by atoms with Crippen LogP contribution in [-0.4, -0.2) is 23.0 Å². The van der Waals surface area contributed by atoms with E-state index in [4.69, 9.17) is 0 Å². The van der Waals surface area contributed by atoms with Crippen molar-refractivity contribution in [1.82, 2.24) is 9.97 Å². The molecule has 100 valence electrons. The van der Waals surface area contributed by atoms with Crippen molar-refractivity contribution in [3.63, 3.8) is 0 Å². The van der Waals surface area contributed by atoms with E-state index < -0.39 is 5.97 Å². The van der Waals surface area contributed by atoms with E-state index >= 15 is 0 Å². The Morgan fingerprint density at radius 1 is 1.37 bits per heavy atom. The second-order valence-corrected chi connectivity index (χ2v) is 5.40. The first kappa shape index (κ1) is 13.5. The summed E-state index contributed by atoms with van der Waals surface area (Å²) in [5.41, 5.74) is 0.765. The van der Waals surface area contributed by atoms with Gasteiger partial charge in [0.1, 0.15) is 10.7 Å². The summed E-state index contributed by atoms with van der Waals surface area (Å²) >= 11 is 1.58. The van der Waals surface area contributed by atoms with Crippen molar-refractivity contribution in [3.05, 3.63) is 40.6 Å². The summed E-state index contributed by atoms with van der Waals surface area (Å²) in [6.45, 7) is 4.06. The van der Waals surface area contributed by atoms with Crippen LogP contribution in [0.5, 0.6) is 0 Å². The largest absolute Gasteiger partial charge is 0.464 e. The topological polar surface area (TPSA) is 64.1 Å². The average molecular weight is 277 g/mol. The molecule has 19 heavy (non-hydrogen) atoms. The number of nitrogens with one attached hydrogen (secondary N) is 1. The van der Waals surface area contributed by atoms with Crippen molar-refractivity contribution in [1.29, 1.82) is 0 Å². The maximum Gasteiger partial charge on any atom is 0.356 e. The minimum absolute atomic E-state index is 0.280. The maximum atomic E-state index is 11.4. The number of rotatable bonds is 4. The molecule has 2 heterocycles. The minimum atomic E-state index is -0.448. The first-order valence-corrected chi connectivity index (χ1v) is 6.63. The van der Waals surface area contributed by atoms with Crippen molar-refractivity contribution < 1.29 is 9.53 Å². The fraction of sp³-hybridized carbons (Fsp3) is 0.308. The minimum Gasteiger partial charge on any atom is -0.464 e. The standard InChI is InChI=1S/C13H15N3O2S/c1-13(2,12-15-6-7-19-12)16-9-4-5-14-10(8-9)11(17)18-3/h4-8H,1-3H3,(H,14,16). The van der Waals surface area contributed by atoms with Crippen LogP contribution in [-0.2, 0) is 10.3 Å². The predicted octanol–water partition coefficient (Wildman–Crippen LogP) is 2.67. The molecule has 2 rings (SSSR count). The smallest absolute Gasteiger partial charge is 0.356 e. The molecule has 0 aliphatic carbocycles. The van der Waals surface area contributed by atoms with Gasteiger partial charge in [0.25, 0.3) is 0 Å². The summed E-state index contributed by atoms with van der Waals surface area (Å²) in [7, 11) is 1.34. The molecule has 0 spiro atoms. The molecule has 0 atom stereocenters. The van der Waals surface area contributed by atoms with Crippen LogP contribution in [0.15, 0.2) is 29.9 Å². The summed E-state index contributed by atoms with van der Waals surface area (Å²) in [6.07, 6.45) is 3.35. The highest BCUT2D eigenvalue weighted by Crippen LogP contribution is 2.27. The number of carbonyl (C=O) groups excluding carboxylic acids is 1. The van der Waals surface area contributed by atoms with Gasteiger partial charge < -0.3 is 10.1 Å². The van der Waals surface area contributed by atoms with Crippen LogP contribution in [0.25, 0.3) is 0 Å². The van der Waals surface area contributed by atoms with Crippen molar-refractivity contribution in [2.45, 2.75) is 19.4 Å². The lowest BCUT2D eigenvalue weighted by Crippen LogP contribution is -2.27. The zero-order valence-corrected chi connectivity index (χ0v) is 11.8. The number of nitrogens with zero attached hydrogens (tertiary/aromatic N) is 2. The van der Waals surface area contributed by atoms with E-state index in [1.165, 1.54) is 7.11 Å². The molecule has 2 aromatic heterocycles. The highest BCUT2D eigenvalue weighted by atomic mass is 32.1. The third-order valence-corrected chi connectivity index (χ3v) is 3.68. The lowest BCUT2D eigenvalue weighted by Gasteiger charge is -2.25. The Bertz CT molecular complexity index is 567. The molecule has 0 amide bonds. The van der Waals surface area contributed by atoms with E-state index in [-0.39, 0.29) is 11.2 Å². The van der Waals surface area contributed by atoms with Gasteiger partial charge in [0.05, 0.1) is 12.6 Å². The van der Waals surface area contributed by atoms with Gasteiger partial charge >= 0.3 is 5.97 Å². The number of pyridine rings is 1. The van der Waals surface area contributed by atoms with Gasteiger partial charge in [-0.1, -0.05) is 0 Å². The van der Waals surface area contributed by atoms with E-state index in [0.717, 1.165) is 10.7 Å². The summed E-state index contributed by atoms with van der Waals surface area (Å²) in [4.78, 5) is 19.7. The lowest BCUT2D eigenvalue weighted by atomic mass is 10.1. The predicted molar refractivity (Wildman–Crippen MR) is 74.3 cm³/mol. The first-order chi connectivity index (χ1) is 9.03. The number of thiazole rings is 1. The molecule has 1 N–H and O–H groups in total. The molecule has 0 aliphatic rings. The Hall–Kier alpha value is -1.95. The molecular formula is C13H15N3O2S. The third-order valence-electron chi connectivity index (χ3n) is 2.58. The Morgan fingerprint density at radius 2 is 2.16 bits per heavy atom. The van der Waals surface area contributed by atoms with Crippen LogP contribution in [0.4, 0.5) is 5.69 Å². The van der Waals surface area contributed by atoms with Crippen LogP contribution in [0.3, 0.4) is 0 Å². The van der Waals surface area contributed by atoms with E-state index in [9.17, 15) is 4.79 Å². The molecule has 0 fully saturated rings. The second kappa shape index (κ2) is 5.36. The van der Waals surface area contributed by atoms with Crippen molar-refractivity contribution in [3.8, 4) is 0 Å². The fourth-order valence-corrected chi connectivity index (χ4v) is 2.39. The second-order valence-electron chi connectivity index (χ2n) is 4.51. The van der Waals surface area contributed by atoms with Crippen LogP contribution >= 0.6 is 11.3 Å². The number of ether oxygens (including phenoxy) is 1. The van der Waals surface area contributed by atoms with Crippen molar-refractivity contribution in [2.24, 2.45) is 0 Å². The Labute approximate surface area is 115 Å². The molecule has 0 saturated heterocycles. The third kappa shape index (κ3) is 3.08. The van der Waals surface area contributed by atoms with E-state index in [0.29, 0.717) is 0 Å². The van der Waals surface area contributed by atoms with E-state index in [2.05, 4.69) is 20.0 Å². The van der Waals surface area contributed by atoms with Gasteiger partial charge in [-0.05, 0) is 26.0 Å². The van der Waals surface area contributed by atoms with Gasteiger partial charge in [-0.3, -0.25) is 0 Å². The van der Waals surface area contributed by atoms with E-state index in [1.54, 1.807) is 29.8 Å². The number of hydrogen-bond acceptors (Lipinski definition) is 6. The van der Waals surface area contributed by atoms with Crippen LogP contribution in [0.1, 0.15) is 29.3 Å². The van der Waals surface area contributed by atoms with Gasteiger partial charge in [-0.2, -0.15) is 0 Å². The fourth-order valence-electron chi connectivity index (χ4n) is 1.67. The van der Waals surface area contributed by atoms with Gasteiger partial charge in [-0.15, -0.1) is 11.3 Å². The lowest BCUT2D eigenvalue weighted by molar-refractivity contribution is 0.0594. The highest BCUT2D eigenvalue weighted by molar-refractivity contribution is 7.09. The molecular weight excluding hydrogens is 262 g/mol. The van der Waals surface area contributed by atoms with Crippen LogP contribution < -0.4 is 5.32 Å². The Morgan fingerprint density at radius 3 is 2.79 bits per heavy atom. The highest BCUT2D eigenvalue weighted by Gasteiger charge is 2.23. The van der Waals surface area contributed by atoms with Crippen LogP contribution in [0, 0.1) is 0 Å².